The van der Waals surface area contributed by atoms with Crippen LogP contribution in [0.1, 0.15) is 22.6 Å². The molecule has 0 bridgehead atoms. The number of halogens is 1. The van der Waals surface area contributed by atoms with Gasteiger partial charge in [-0.25, -0.2) is 9.37 Å². The highest BCUT2D eigenvalue weighted by Crippen LogP contribution is 2.25. The van der Waals surface area contributed by atoms with E-state index in [-0.39, 0.29) is 5.82 Å². The molecule has 4 aromatic rings. The summed E-state index contributed by atoms with van der Waals surface area (Å²) in [5, 5.41) is 8.91. The number of benzene rings is 3. The number of aromatic nitrogens is 1. The molecule has 3 aromatic carbocycles. The molecular weight excluding hydrogens is 367 g/mol. The fourth-order valence-electron chi connectivity index (χ4n) is 2.91. The van der Waals surface area contributed by atoms with Crippen LogP contribution in [0, 0.1) is 24.1 Å². The molecule has 0 fully saturated rings. The van der Waals surface area contributed by atoms with Crippen LogP contribution in [-0.4, -0.2) is 4.98 Å². The van der Waals surface area contributed by atoms with Crippen LogP contribution >= 0.6 is 0 Å². The van der Waals surface area contributed by atoms with E-state index in [1.165, 1.54) is 12.1 Å². The van der Waals surface area contributed by atoms with Crippen LogP contribution in [0.25, 0.3) is 11.5 Å². The molecule has 0 aliphatic heterocycles. The molecule has 4 nitrogen and oxygen atoms in total. The van der Waals surface area contributed by atoms with E-state index in [9.17, 15) is 4.39 Å². The first-order chi connectivity index (χ1) is 14.1. The van der Waals surface area contributed by atoms with E-state index < -0.39 is 0 Å². The van der Waals surface area contributed by atoms with Crippen LogP contribution in [0.3, 0.4) is 0 Å². The standard InChI is InChI=1S/C24H17FN2O2/c1-16-23(27-24(28-16)19-6-2-18(15-26)3-7-19)14-17-4-10-21(11-5-17)29-22-12-8-20(25)9-13-22/h2-13H,14H2,1H3. The lowest BCUT2D eigenvalue weighted by Gasteiger charge is -2.06. The number of oxazole rings is 1. The van der Waals surface area contributed by atoms with Crippen molar-refractivity contribution in [2.75, 3.05) is 0 Å². The molecule has 0 radical (unpaired) electrons. The normalized spacial score (nSPS) is 10.5. The molecule has 5 heteroatoms. The first kappa shape index (κ1) is 18.5. The molecule has 4 rings (SSSR count). The minimum Gasteiger partial charge on any atom is -0.457 e. The molecule has 0 aliphatic carbocycles. The Hall–Kier alpha value is -3.91. The smallest absolute Gasteiger partial charge is 0.226 e. The van der Waals surface area contributed by atoms with Crippen LogP contribution < -0.4 is 4.74 Å². The predicted octanol–water partition coefficient (Wildman–Crippen LogP) is 6.04. The zero-order chi connectivity index (χ0) is 20.2. The Bertz CT molecular complexity index is 1160. The number of aryl methyl sites for hydroxylation is 1. The molecule has 0 amide bonds. The van der Waals surface area contributed by atoms with Gasteiger partial charge in [-0.05, 0) is 73.2 Å². The summed E-state index contributed by atoms with van der Waals surface area (Å²) in [5.74, 6) is 2.26. The lowest BCUT2D eigenvalue weighted by molar-refractivity contribution is 0.480. The highest BCUT2D eigenvalue weighted by atomic mass is 19.1. The largest absolute Gasteiger partial charge is 0.457 e. The second-order valence-corrected chi connectivity index (χ2v) is 6.59. The van der Waals surface area contributed by atoms with Gasteiger partial charge >= 0.3 is 0 Å². The number of ether oxygens (including phenoxy) is 1. The van der Waals surface area contributed by atoms with Gasteiger partial charge in [0.1, 0.15) is 23.1 Å². The van der Waals surface area contributed by atoms with E-state index in [0.29, 0.717) is 29.4 Å². The summed E-state index contributed by atoms with van der Waals surface area (Å²) in [6.07, 6.45) is 0.627. The van der Waals surface area contributed by atoms with Crippen LogP contribution in [0.5, 0.6) is 11.5 Å². The number of nitrogens with zero attached hydrogens (tertiary/aromatic N) is 2. The summed E-state index contributed by atoms with van der Waals surface area (Å²) >= 11 is 0. The number of rotatable bonds is 5. The third kappa shape index (κ3) is 4.33. The molecule has 1 heterocycles. The van der Waals surface area contributed by atoms with Crippen LogP contribution in [0.2, 0.25) is 0 Å². The topological polar surface area (TPSA) is 59.0 Å². The maximum atomic E-state index is 13.0. The van der Waals surface area contributed by atoms with Gasteiger partial charge in [0.05, 0.1) is 17.3 Å². The van der Waals surface area contributed by atoms with E-state index in [0.717, 1.165) is 22.6 Å². The van der Waals surface area contributed by atoms with Crippen molar-refractivity contribution in [1.82, 2.24) is 4.98 Å². The molecule has 0 atom stereocenters. The van der Waals surface area contributed by atoms with Gasteiger partial charge in [-0.15, -0.1) is 0 Å². The van der Waals surface area contributed by atoms with Gasteiger partial charge in [-0.2, -0.15) is 5.26 Å². The van der Waals surface area contributed by atoms with Crippen LogP contribution in [0.4, 0.5) is 4.39 Å². The third-order valence-corrected chi connectivity index (χ3v) is 4.50. The molecule has 0 saturated carbocycles. The van der Waals surface area contributed by atoms with Gasteiger partial charge < -0.3 is 9.15 Å². The second kappa shape index (κ2) is 7.99. The summed E-state index contributed by atoms with van der Waals surface area (Å²) in [5.41, 5.74) is 3.36. The maximum Gasteiger partial charge on any atom is 0.226 e. The van der Waals surface area contributed by atoms with Gasteiger partial charge in [-0.1, -0.05) is 12.1 Å². The van der Waals surface area contributed by atoms with E-state index in [1.54, 1.807) is 24.3 Å². The lowest BCUT2D eigenvalue weighted by Crippen LogP contribution is -1.92. The highest BCUT2D eigenvalue weighted by Gasteiger charge is 2.12. The van der Waals surface area contributed by atoms with E-state index in [2.05, 4.69) is 11.1 Å². The first-order valence-electron chi connectivity index (χ1n) is 9.10. The molecule has 142 valence electrons. The monoisotopic (exact) mass is 384 g/mol. The Balaban J connectivity index is 1.47. The molecule has 0 unspecified atom stereocenters. The van der Waals surface area contributed by atoms with Gasteiger partial charge in [0, 0.05) is 12.0 Å². The average molecular weight is 384 g/mol. The summed E-state index contributed by atoms with van der Waals surface area (Å²) in [6.45, 7) is 1.89. The lowest BCUT2D eigenvalue weighted by atomic mass is 10.1. The second-order valence-electron chi connectivity index (χ2n) is 6.59. The third-order valence-electron chi connectivity index (χ3n) is 4.50. The minimum absolute atomic E-state index is 0.295. The van der Waals surface area contributed by atoms with Gasteiger partial charge in [0.2, 0.25) is 5.89 Å². The summed E-state index contributed by atoms with van der Waals surface area (Å²) in [7, 11) is 0. The minimum atomic E-state index is -0.295. The quantitative estimate of drug-likeness (QED) is 0.421. The van der Waals surface area contributed by atoms with E-state index in [4.69, 9.17) is 14.4 Å². The van der Waals surface area contributed by atoms with Crippen LogP contribution in [-0.2, 0) is 6.42 Å². The number of hydrogen-bond acceptors (Lipinski definition) is 4. The summed E-state index contributed by atoms with van der Waals surface area (Å²) in [6, 6.07) is 22.8. The maximum absolute atomic E-state index is 13.0. The Morgan fingerprint density at radius 2 is 1.55 bits per heavy atom. The Morgan fingerprint density at radius 1 is 0.931 bits per heavy atom. The molecular formula is C24H17FN2O2. The van der Waals surface area contributed by atoms with Crippen molar-refractivity contribution in [3.63, 3.8) is 0 Å². The van der Waals surface area contributed by atoms with Crippen molar-refractivity contribution in [1.29, 1.82) is 5.26 Å². The van der Waals surface area contributed by atoms with Crippen molar-refractivity contribution in [3.05, 3.63) is 101 Å². The molecule has 0 saturated heterocycles. The molecule has 1 aromatic heterocycles. The van der Waals surface area contributed by atoms with E-state index in [1.807, 2.05) is 43.3 Å². The first-order valence-corrected chi connectivity index (χ1v) is 9.10. The van der Waals surface area contributed by atoms with Crippen molar-refractivity contribution in [2.24, 2.45) is 0 Å². The summed E-state index contributed by atoms with van der Waals surface area (Å²) < 4.78 is 24.5. The van der Waals surface area contributed by atoms with Gasteiger partial charge in [0.25, 0.3) is 0 Å². The van der Waals surface area contributed by atoms with Gasteiger partial charge in [0.15, 0.2) is 0 Å². The highest BCUT2D eigenvalue weighted by molar-refractivity contribution is 5.55. The molecule has 0 aliphatic rings. The Kier molecular flexibility index (Phi) is 5.08. The SMILES string of the molecule is Cc1oc(-c2ccc(C#N)cc2)nc1Cc1ccc(Oc2ccc(F)cc2)cc1. The summed E-state index contributed by atoms with van der Waals surface area (Å²) in [4.78, 5) is 4.61. The Labute approximate surface area is 167 Å². The van der Waals surface area contributed by atoms with Crippen molar-refractivity contribution in [2.45, 2.75) is 13.3 Å². The van der Waals surface area contributed by atoms with Crippen molar-refractivity contribution in [3.8, 4) is 29.0 Å². The zero-order valence-corrected chi connectivity index (χ0v) is 15.7. The van der Waals surface area contributed by atoms with Gasteiger partial charge in [-0.3, -0.25) is 0 Å². The zero-order valence-electron chi connectivity index (χ0n) is 15.7. The fourth-order valence-corrected chi connectivity index (χ4v) is 2.91. The van der Waals surface area contributed by atoms with Crippen molar-refractivity contribution < 1.29 is 13.5 Å². The van der Waals surface area contributed by atoms with E-state index >= 15 is 0 Å². The molecule has 0 N–H and O–H groups in total. The number of hydrogen-bond donors (Lipinski definition) is 0. The van der Waals surface area contributed by atoms with Crippen LogP contribution in [0.15, 0.2) is 77.2 Å². The molecule has 0 spiro atoms. The average Bonchev–Trinajstić information content (AvgIpc) is 3.11. The Morgan fingerprint density at radius 3 is 2.17 bits per heavy atom. The predicted molar refractivity (Wildman–Crippen MR) is 107 cm³/mol. The number of nitriles is 1. The molecule has 29 heavy (non-hydrogen) atoms. The fraction of sp³-hybridized carbons (Fsp3) is 0.0833. The van der Waals surface area contributed by atoms with Crippen molar-refractivity contribution >= 4 is 0 Å².